The van der Waals surface area contributed by atoms with Crippen molar-refractivity contribution in [3.05, 3.63) is 59.7 Å². The fraction of sp³-hybridized carbons (Fsp3) is 0.350. The highest BCUT2D eigenvalue weighted by Gasteiger charge is 2.15. The van der Waals surface area contributed by atoms with Crippen LogP contribution in [0.4, 0.5) is 10.1 Å². The molecule has 0 radical (unpaired) electrons. The first-order valence-corrected chi connectivity index (χ1v) is 9.04. The Kier molecular flexibility index (Phi) is 4.86. The van der Waals surface area contributed by atoms with Crippen LogP contribution in [-0.2, 0) is 13.1 Å². The zero-order valence-corrected chi connectivity index (χ0v) is 15.0. The number of piperazine rings is 1. The Bertz CT molecular complexity index is 883. The number of likely N-dealkylation sites (N-methyl/N-ethyl adjacent to an activating group) is 1. The second kappa shape index (κ2) is 7.43. The zero-order chi connectivity index (χ0) is 17.9. The summed E-state index contributed by atoms with van der Waals surface area (Å²) in [5.74, 6) is -0.177. The minimum absolute atomic E-state index is 0.177. The van der Waals surface area contributed by atoms with Crippen molar-refractivity contribution in [1.29, 1.82) is 0 Å². The SMILES string of the molecule is CN1CCN(c2cc(F)cc(CNCc3ccc4cc[nH]c4n3)c2)CC1. The molecule has 0 amide bonds. The predicted molar refractivity (Wildman–Crippen MR) is 103 cm³/mol. The molecule has 0 bridgehead atoms. The molecule has 1 aliphatic rings. The molecule has 4 rings (SSSR count). The molecule has 2 N–H and O–H groups in total. The van der Waals surface area contributed by atoms with Gasteiger partial charge in [-0.3, -0.25) is 0 Å². The van der Waals surface area contributed by atoms with Gasteiger partial charge in [0, 0.05) is 56.5 Å². The normalized spacial score (nSPS) is 15.7. The highest BCUT2D eigenvalue weighted by atomic mass is 19.1. The van der Waals surface area contributed by atoms with Crippen LogP contribution in [0.15, 0.2) is 42.6 Å². The van der Waals surface area contributed by atoms with Crippen LogP contribution in [0.5, 0.6) is 0 Å². The summed E-state index contributed by atoms with van der Waals surface area (Å²) in [4.78, 5) is 12.3. The number of rotatable bonds is 5. The molecular formula is C20H24FN5. The van der Waals surface area contributed by atoms with E-state index >= 15 is 0 Å². The van der Waals surface area contributed by atoms with Gasteiger partial charge < -0.3 is 20.1 Å². The van der Waals surface area contributed by atoms with Crippen LogP contribution < -0.4 is 10.2 Å². The van der Waals surface area contributed by atoms with Gasteiger partial charge in [0.15, 0.2) is 0 Å². The number of aromatic amines is 1. The lowest BCUT2D eigenvalue weighted by Crippen LogP contribution is -2.44. The number of aromatic nitrogens is 2. The second-order valence-corrected chi connectivity index (χ2v) is 6.93. The molecule has 0 unspecified atom stereocenters. The zero-order valence-electron chi connectivity index (χ0n) is 15.0. The molecule has 0 spiro atoms. The summed E-state index contributed by atoms with van der Waals surface area (Å²) in [7, 11) is 2.12. The van der Waals surface area contributed by atoms with E-state index in [2.05, 4.69) is 44.3 Å². The molecular weight excluding hydrogens is 329 g/mol. The summed E-state index contributed by atoms with van der Waals surface area (Å²) >= 11 is 0. The number of nitrogens with one attached hydrogen (secondary N) is 2. The van der Waals surface area contributed by atoms with Gasteiger partial charge >= 0.3 is 0 Å². The van der Waals surface area contributed by atoms with E-state index < -0.39 is 0 Å². The number of pyridine rings is 1. The number of benzene rings is 1. The van der Waals surface area contributed by atoms with Gasteiger partial charge in [-0.15, -0.1) is 0 Å². The molecule has 2 aromatic heterocycles. The Hall–Kier alpha value is -2.44. The van der Waals surface area contributed by atoms with E-state index in [1.165, 1.54) is 0 Å². The van der Waals surface area contributed by atoms with Crippen LogP contribution in [0.1, 0.15) is 11.3 Å². The summed E-state index contributed by atoms with van der Waals surface area (Å²) in [6.45, 7) is 5.16. The number of nitrogens with zero attached hydrogens (tertiary/aromatic N) is 3. The molecule has 6 heteroatoms. The van der Waals surface area contributed by atoms with E-state index in [0.717, 1.165) is 54.2 Å². The van der Waals surface area contributed by atoms with Gasteiger partial charge in [0.1, 0.15) is 11.5 Å². The van der Waals surface area contributed by atoms with E-state index in [1.54, 1.807) is 12.1 Å². The minimum Gasteiger partial charge on any atom is -0.369 e. The number of hydrogen-bond donors (Lipinski definition) is 2. The van der Waals surface area contributed by atoms with Gasteiger partial charge in [0.05, 0.1) is 5.69 Å². The number of halogens is 1. The predicted octanol–water partition coefficient (Wildman–Crippen LogP) is 2.74. The van der Waals surface area contributed by atoms with E-state index in [9.17, 15) is 4.39 Å². The average molecular weight is 353 g/mol. The molecule has 1 fully saturated rings. The maximum Gasteiger partial charge on any atom is 0.137 e. The maximum atomic E-state index is 14.1. The Morgan fingerprint density at radius 2 is 1.92 bits per heavy atom. The third kappa shape index (κ3) is 3.86. The molecule has 1 aliphatic heterocycles. The third-order valence-electron chi connectivity index (χ3n) is 4.91. The maximum absolute atomic E-state index is 14.1. The van der Waals surface area contributed by atoms with Crippen molar-refractivity contribution < 1.29 is 4.39 Å². The first-order chi connectivity index (χ1) is 12.7. The molecule has 0 saturated carbocycles. The summed E-state index contributed by atoms with van der Waals surface area (Å²) in [5.41, 5.74) is 3.80. The van der Waals surface area contributed by atoms with Crippen molar-refractivity contribution in [1.82, 2.24) is 20.2 Å². The highest BCUT2D eigenvalue weighted by Crippen LogP contribution is 2.20. The van der Waals surface area contributed by atoms with Crippen molar-refractivity contribution in [2.75, 3.05) is 38.1 Å². The van der Waals surface area contributed by atoms with Crippen molar-refractivity contribution in [2.45, 2.75) is 13.1 Å². The molecule has 3 heterocycles. The molecule has 136 valence electrons. The Morgan fingerprint density at radius 1 is 1.08 bits per heavy atom. The van der Waals surface area contributed by atoms with Gasteiger partial charge in [0.25, 0.3) is 0 Å². The fourth-order valence-electron chi connectivity index (χ4n) is 3.39. The second-order valence-electron chi connectivity index (χ2n) is 6.93. The summed E-state index contributed by atoms with van der Waals surface area (Å²) in [6.07, 6.45) is 1.89. The van der Waals surface area contributed by atoms with Crippen molar-refractivity contribution in [3.8, 4) is 0 Å². The molecule has 5 nitrogen and oxygen atoms in total. The van der Waals surface area contributed by atoms with Crippen LogP contribution in [0.25, 0.3) is 11.0 Å². The molecule has 0 atom stereocenters. The minimum atomic E-state index is -0.177. The van der Waals surface area contributed by atoms with E-state index in [4.69, 9.17) is 0 Å². The van der Waals surface area contributed by atoms with E-state index in [0.29, 0.717) is 13.1 Å². The lowest BCUT2D eigenvalue weighted by molar-refractivity contribution is 0.312. The monoisotopic (exact) mass is 353 g/mol. The first-order valence-electron chi connectivity index (χ1n) is 9.04. The Labute approximate surface area is 152 Å². The van der Waals surface area contributed by atoms with E-state index in [1.807, 2.05) is 18.3 Å². The third-order valence-corrected chi connectivity index (χ3v) is 4.91. The van der Waals surface area contributed by atoms with E-state index in [-0.39, 0.29) is 5.82 Å². The number of hydrogen-bond acceptors (Lipinski definition) is 4. The van der Waals surface area contributed by atoms with Crippen LogP contribution in [-0.4, -0.2) is 48.1 Å². The van der Waals surface area contributed by atoms with Gasteiger partial charge in [0.2, 0.25) is 0 Å². The van der Waals surface area contributed by atoms with Crippen molar-refractivity contribution in [2.24, 2.45) is 0 Å². The van der Waals surface area contributed by atoms with Crippen LogP contribution in [0.2, 0.25) is 0 Å². The molecule has 1 saturated heterocycles. The van der Waals surface area contributed by atoms with Gasteiger partial charge in [-0.05, 0) is 49.0 Å². The molecule has 1 aromatic carbocycles. The topological polar surface area (TPSA) is 47.2 Å². The quantitative estimate of drug-likeness (QED) is 0.740. The van der Waals surface area contributed by atoms with Gasteiger partial charge in [-0.1, -0.05) is 0 Å². The van der Waals surface area contributed by atoms with Crippen molar-refractivity contribution in [3.63, 3.8) is 0 Å². The summed E-state index contributed by atoms with van der Waals surface area (Å²) in [6, 6.07) is 11.4. The van der Waals surface area contributed by atoms with Crippen LogP contribution in [0.3, 0.4) is 0 Å². The fourth-order valence-corrected chi connectivity index (χ4v) is 3.39. The Morgan fingerprint density at radius 3 is 2.77 bits per heavy atom. The smallest absolute Gasteiger partial charge is 0.137 e. The van der Waals surface area contributed by atoms with Gasteiger partial charge in [-0.25, -0.2) is 9.37 Å². The lowest BCUT2D eigenvalue weighted by atomic mass is 10.1. The van der Waals surface area contributed by atoms with Crippen molar-refractivity contribution >= 4 is 16.7 Å². The molecule has 3 aromatic rings. The van der Waals surface area contributed by atoms with Gasteiger partial charge in [-0.2, -0.15) is 0 Å². The number of fused-ring (bicyclic) bond motifs is 1. The number of H-pyrrole nitrogens is 1. The summed E-state index contributed by atoms with van der Waals surface area (Å²) < 4.78 is 14.1. The van der Waals surface area contributed by atoms with Crippen LogP contribution in [0, 0.1) is 5.82 Å². The Balaban J connectivity index is 1.39. The first kappa shape index (κ1) is 17.0. The molecule has 26 heavy (non-hydrogen) atoms. The summed E-state index contributed by atoms with van der Waals surface area (Å²) in [5, 5.41) is 4.48. The highest BCUT2D eigenvalue weighted by molar-refractivity contribution is 5.75. The van der Waals surface area contributed by atoms with Crippen LogP contribution >= 0.6 is 0 Å². The standard InChI is InChI=1S/C20H24FN5/c1-25-6-8-26(9-7-25)19-11-15(10-17(21)12-19)13-22-14-18-3-2-16-4-5-23-20(16)24-18/h2-5,10-12,22H,6-9,13-14H2,1H3,(H,23,24). The average Bonchev–Trinajstić information content (AvgIpc) is 3.10. The lowest BCUT2D eigenvalue weighted by Gasteiger charge is -2.34. The number of anilines is 1. The largest absolute Gasteiger partial charge is 0.369 e. The molecule has 0 aliphatic carbocycles.